The third-order valence-electron chi connectivity index (χ3n) is 18.4. The first-order valence-corrected chi connectivity index (χ1v) is 29.5. The minimum absolute atomic E-state index is 0.831. The second kappa shape index (κ2) is 18.0. The monoisotopic (exact) mass is 1090 g/mol. The summed E-state index contributed by atoms with van der Waals surface area (Å²) in [5.41, 5.74) is 9.81. The highest BCUT2D eigenvalue weighted by atomic mass is 16.3. The van der Waals surface area contributed by atoms with Crippen LogP contribution < -0.4 is 9.80 Å². The Kier molecular flexibility index (Phi) is 9.86. The van der Waals surface area contributed by atoms with Crippen LogP contribution in [0.3, 0.4) is 0 Å². The van der Waals surface area contributed by atoms with Crippen LogP contribution in [0, 0.1) is 0 Å². The van der Waals surface area contributed by atoms with E-state index in [0.717, 1.165) is 99.5 Å². The van der Waals surface area contributed by atoms with E-state index in [0.29, 0.717) is 0 Å². The van der Waals surface area contributed by atoms with Crippen LogP contribution in [0.2, 0.25) is 0 Å². The highest BCUT2D eigenvalue weighted by Crippen LogP contribution is 2.47. The fourth-order valence-corrected chi connectivity index (χ4v) is 14.3. The molecular weight excluding hydrogens is 1040 g/mol. The number of hydrogen-bond acceptors (Lipinski definition) is 4. The molecule has 0 saturated heterocycles. The molecule has 0 aliphatic heterocycles. The molecule has 0 fully saturated rings. The lowest BCUT2D eigenvalue weighted by Gasteiger charge is -2.27. The number of hydrogen-bond donors (Lipinski definition) is 0. The van der Waals surface area contributed by atoms with Crippen molar-refractivity contribution < 1.29 is 8.83 Å². The number of rotatable bonds is 6. The molecule has 0 unspecified atom stereocenters. The molecule has 398 valence electrons. The molecular formula is C82H48N2O2. The smallest absolute Gasteiger partial charge is 0.136 e. The van der Waals surface area contributed by atoms with E-state index in [9.17, 15) is 0 Å². The summed E-state index contributed by atoms with van der Waals surface area (Å²) < 4.78 is 13.7. The Morgan fingerprint density at radius 3 is 0.744 bits per heavy atom. The number of benzene rings is 17. The molecule has 0 spiro atoms. The van der Waals surface area contributed by atoms with Crippen molar-refractivity contribution in [1.29, 1.82) is 0 Å². The van der Waals surface area contributed by atoms with E-state index >= 15 is 0 Å². The van der Waals surface area contributed by atoms with Crippen molar-refractivity contribution in [3.63, 3.8) is 0 Å². The van der Waals surface area contributed by atoms with Crippen molar-refractivity contribution in [1.82, 2.24) is 0 Å². The standard InChI is InChI=1S/C82H48N2O2/c1-5-13-67-49(9-1)17-21-55-39-63(29-33-71(55)67)83(64-30-34-72-56(40-64)22-18-50-10-2-6-14-68(50)72)61-27-25-53-45-75-79(47-59(53)43-61)85-77-37-38-78-82(81(75)77)76-46-54-26-28-62(44-60(54)48-80(76)86-78)84(65-31-35-73-57(41-65)23-19-51-11-3-7-15-69(51)73)66-32-36-74-58(42-66)24-20-52-12-4-8-16-70(52)74/h1-48H. The molecule has 19 rings (SSSR count). The van der Waals surface area contributed by atoms with E-state index in [2.05, 4.69) is 301 Å². The quantitative estimate of drug-likeness (QED) is 0.155. The van der Waals surface area contributed by atoms with Gasteiger partial charge in [0.1, 0.15) is 22.3 Å². The maximum atomic E-state index is 6.87. The summed E-state index contributed by atoms with van der Waals surface area (Å²) in [5, 5.41) is 28.4. The molecule has 0 bridgehead atoms. The average molecular weight is 1090 g/mol. The van der Waals surface area contributed by atoms with Gasteiger partial charge in [-0.25, -0.2) is 0 Å². The van der Waals surface area contributed by atoms with Gasteiger partial charge in [-0.15, -0.1) is 0 Å². The minimum Gasteiger partial charge on any atom is -0.456 e. The lowest BCUT2D eigenvalue weighted by atomic mass is 9.99. The van der Waals surface area contributed by atoms with Gasteiger partial charge in [0.15, 0.2) is 0 Å². The van der Waals surface area contributed by atoms with Crippen molar-refractivity contribution in [2.24, 2.45) is 0 Å². The summed E-state index contributed by atoms with van der Waals surface area (Å²) in [7, 11) is 0. The molecule has 0 amide bonds. The molecule has 0 saturated carbocycles. The fourth-order valence-electron chi connectivity index (χ4n) is 14.3. The van der Waals surface area contributed by atoms with Crippen LogP contribution in [0.15, 0.2) is 300 Å². The fraction of sp³-hybridized carbons (Fsp3) is 0. The molecule has 0 atom stereocenters. The number of nitrogens with zero attached hydrogens (tertiary/aromatic N) is 2. The Hall–Kier alpha value is -11.5. The Morgan fingerprint density at radius 2 is 0.419 bits per heavy atom. The normalized spacial score (nSPS) is 12.2. The van der Waals surface area contributed by atoms with Crippen LogP contribution in [0.1, 0.15) is 0 Å². The molecule has 2 aromatic heterocycles. The van der Waals surface area contributed by atoms with Crippen LogP contribution in [0.4, 0.5) is 34.1 Å². The second-order valence-electron chi connectivity index (χ2n) is 23.2. The van der Waals surface area contributed by atoms with Gasteiger partial charge in [0.05, 0.1) is 0 Å². The highest BCUT2D eigenvalue weighted by molar-refractivity contribution is 6.28. The van der Waals surface area contributed by atoms with Gasteiger partial charge in [0.2, 0.25) is 0 Å². The van der Waals surface area contributed by atoms with Gasteiger partial charge in [0, 0.05) is 55.7 Å². The zero-order valence-corrected chi connectivity index (χ0v) is 46.4. The zero-order valence-electron chi connectivity index (χ0n) is 46.4. The second-order valence-corrected chi connectivity index (χ2v) is 23.2. The molecule has 0 radical (unpaired) electrons. The number of furan rings is 2. The number of fused-ring (bicyclic) bond motifs is 21. The summed E-state index contributed by atoms with van der Waals surface area (Å²) in [4.78, 5) is 4.79. The topological polar surface area (TPSA) is 32.8 Å². The van der Waals surface area contributed by atoms with Gasteiger partial charge in [0.25, 0.3) is 0 Å². The average Bonchev–Trinajstić information content (AvgIpc) is 1.79. The third-order valence-corrected chi connectivity index (χ3v) is 18.4. The van der Waals surface area contributed by atoms with E-state index in [1.165, 1.54) is 86.2 Å². The van der Waals surface area contributed by atoms with Crippen LogP contribution >= 0.6 is 0 Å². The van der Waals surface area contributed by atoms with Crippen LogP contribution in [0.25, 0.3) is 152 Å². The maximum absolute atomic E-state index is 6.87. The summed E-state index contributed by atoms with van der Waals surface area (Å²) in [6, 6.07) is 107. The molecule has 19 aromatic rings. The van der Waals surface area contributed by atoms with E-state index in [-0.39, 0.29) is 0 Å². The van der Waals surface area contributed by atoms with Gasteiger partial charge in [-0.1, -0.05) is 182 Å². The van der Waals surface area contributed by atoms with Crippen molar-refractivity contribution >= 4 is 186 Å². The summed E-state index contributed by atoms with van der Waals surface area (Å²) in [6.45, 7) is 0. The van der Waals surface area contributed by atoms with Gasteiger partial charge in [-0.05, 0) is 217 Å². The minimum atomic E-state index is 0.831. The first-order valence-electron chi connectivity index (χ1n) is 29.5. The summed E-state index contributed by atoms with van der Waals surface area (Å²) in [6.07, 6.45) is 0. The summed E-state index contributed by atoms with van der Waals surface area (Å²) >= 11 is 0. The van der Waals surface area contributed by atoms with Gasteiger partial charge >= 0.3 is 0 Å². The zero-order chi connectivity index (χ0) is 56.1. The SMILES string of the molecule is c1ccc2c(c1)ccc1cc(N(c3ccc4cc5c(cc4c3)oc3ccc4oc6cc7cc(N(c8ccc9c(ccc%10ccccc%109)c8)c8ccc9c(ccc%10ccccc%109)c8)ccc7cc6c4c35)c3ccc4c(ccc5ccccc54)c3)ccc12. The Bertz CT molecular complexity index is 5520. The van der Waals surface area contributed by atoms with Crippen molar-refractivity contribution in [3.8, 4) is 0 Å². The molecule has 86 heavy (non-hydrogen) atoms. The van der Waals surface area contributed by atoms with E-state index in [1.54, 1.807) is 0 Å². The molecule has 17 aromatic carbocycles. The largest absolute Gasteiger partial charge is 0.456 e. The maximum Gasteiger partial charge on any atom is 0.136 e. The predicted octanol–water partition coefficient (Wildman–Crippen LogP) is 24.0. The Labute approximate surface area is 492 Å². The van der Waals surface area contributed by atoms with Gasteiger partial charge in [-0.2, -0.15) is 0 Å². The first-order chi connectivity index (χ1) is 42.5. The van der Waals surface area contributed by atoms with E-state index in [4.69, 9.17) is 8.83 Å². The van der Waals surface area contributed by atoms with Crippen LogP contribution in [-0.4, -0.2) is 0 Å². The third kappa shape index (κ3) is 7.17. The Morgan fingerprint density at radius 1 is 0.163 bits per heavy atom. The lowest BCUT2D eigenvalue weighted by Crippen LogP contribution is -2.10. The highest BCUT2D eigenvalue weighted by Gasteiger charge is 2.22. The molecule has 4 nitrogen and oxygen atoms in total. The van der Waals surface area contributed by atoms with E-state index in [1.807, 2.05) is 0 Å². The molecule has 4 heteroatoms. The van der Waals surface area contributed by atoms with Crippen LogP contribution in [0.5, 0.6) is 0 Å². The summed E-state index contributed by atoms with van der Waals surface area (Å²) in [5.74, 6) is 0. The van der Waals surface area contributed by atoms with Crippen molar-refractivity contribution in [2.45, 2.75) is 0 Å². The van der Waals surface area contributed by atoms with Gasteiger partial charge < -0.3 is 18.6 Å². The molecule has 0 aliphatic carbocycles. The molecule has 0 N–H and O–H groups in total. The first kappa shape index (κ1) is 47.1. The van der Waals surface area contributed by atoms with Crippen molar-refractivity contribution in [2.75, 3.05) is 9.80 Å². The van der Waals surface area contributed by atoms with Crippen LogP contribution in [-0.2, 0) is 0 Å². The molecule has 0 aliphatic rings. The number of anilines is 6. The Balaban J connectivity index is 0.737. The lowest BCUT2D eigenvalue weighted by molar-refractivity contribution is 0.663. The molecule has 2 heterocycles. The predicted molar refractivity (Wildman–Crippen MR) is 365 cm³/mol. The van der Waals surface area contributed by atoms with Gasteiger partial charge in [-0.3, -0.25) is 0 Å². The van der Waals surface area contributed by atoms with E-state index < -0.39 is 0 Å². The van der Waals surface area contributed by atoms with Crippen molar-refractivity contribution in [3.05, 3.63) is 291 Å².